The molecule has 3 heteroatoms. The topological polar surface area (TPSA) is 44.5 Å². The molecule has 2 N–H and O–H groups in total. The molecule has 0 saturated heterocycles. The Morgan fingerprint density at radius 2 is 1.80 bits per heavy atom. The van der Waals surface area contributed by atoms with Gasteiger partial charge < -0.3 is 15.2 Å². The molecular weight excluding hydrogens is 250 g/mol. The van der Waals surface area contributed by atoms with Crippen molar-refractivity contribution in [1.29, 1.82) is 0 Å². The third-order valence-electron chi connectivity index (χ3n) is 3.28. The zero-order chi connectivity index (χ0) is 14.5. The normalized spacial score (nSPS) is 12.0. The fourth-order valence-corrected chi connectivity index (χ4v) is 2.00. The van der Waals surface area contributed by atoms with E-state index in [9.17, 15) is 0 Å². The second-order valence-corrected chi connectivity index (χ2v) is 4.95. The fourth-order valence-electron chi connectivity index (χ4n) is 2.00. The minimum Gasteiger partial charge on any atom is -0.497 e. The Hall–Kier alpha value is -2.00. The summed E-state index contributed by atoms with van der Waals surface area (Å²) in [6.07, 6.45) is 0. The molecule has 0 aliphatic heterocycles. The van der Waals surface area contributed by atoms with Crippen LogP contribution in [0.15, 0.2) is 42.5 Å². The van der Waals surface area contributed by atoms with Crippen LogP contribution in [-0.2, 0) is 6.61 Å². The first kappa shape index (κ1) is 14.4. The molecule has 1 atom stereocenters. The molecule has 0 heterocycles. The summed E-state index contributed by atoms with van der Waals surface area (Å²) in [5, 5.41) is 0. The van der Waals surface area contributed by atoms with Crippen LogP contribution >= 0.6 is 0 Å². The molecule has 0 unspecified atom stereocenters. The van der Waals surface area contributed by atoms with Crippen LogP contribution in [0.4, 0.5) is 0 Å². The lowest BCUT2D eigenvalue weighted by Crippen LogP contribution is -2.05. The number of benzene rings is 2. The zero-order valence-electron chi connectivity index (χ0n) is 12.2. The third kappa shape index (κ3) is 3.52. The molecule has 0 amide bonds. The van der Waals surface area contributed by atoms with E-state index in [1.165, 1.54) is 0 Å². The van der Waals surface area contributed by atoms with Gasteiger partial charge in [-0.25, -0.2) is 0 Å². The molecule has 106 valence electrons. The van der Waals surface area contributed by atoms with Crippen LogP contribution in [0.1, 0.15) is 29.7 Å². The van der Waals surface area contributed by atoms with E-state index >= 15 is 0 Å². The largest absolute Gasteiger partial charge is 0.497 e. The van der Waals surface area contributed by atoms with E-state index in [0.29, 0.717) is 6.61 Å². The molecular formula is C17H21NO2. The monoisotopic (exact) mass is 271 g/mol. The Labute approximate surface area is 120 Å². The summed E-state index contributed by atoms with van der Waals surface area (Å²) in [7, 11) is 1.66. The Kier molecular flexibility index (Phi) is 4.64. The van der Waals surface area contributed by atoms with Crippen molar-refractivity contribution >= 4 is 0 Å². The van der Waals surface area contributed by atoms with Crippen molar-refractivity contribution in [3.05, 3.63) is 59.2 Å². The van der Waals surface area contributed by atoms with Crippen LogP contribution in [0, 0.1) is 6.92 Å². The number of methoxy groups -OCH3 is 1. The Morgan fingerprint density at radius 1 is 1.10 bits per heavy atom. The van der Waals surface area contributed by atoms with Gasteiger partial charge in [0.05, 0.1) is 7.11 Å². The van der Waals surface area contributed by atoms with E-state index < -0.39 is 0 Å². The molecule has 3 nitrogen and oxygen atoms in total. The molecule has 2 aromatic rings. The van der Waals surface area contributed by atoms with Gasteiger partial charge in [0.15, 0.2) is 0 Å². The van der Waals surface area contributed by atoms with Gasteiger partial charge >= 0.3 is 0 Å². The van der Waals surface area contributed by atoms with Crippen molar-refractivity contribution in [2.75, 3.05) is 7.11 Å². The summed E-state index contributed by atoms with van der Waals surface area (Å²) in [5.74, 6) is 1.75. The zero-order valence-corrected chi connectivity index (χ0v) is 12.2. The van der Waals surface area contributed by atoms with Gasteiger partial charge in [-0.05, 0) is 48.7 Å². The highest BCUT2D eigenvalue weighted by molar-refractivity contribution is 5.37. The Balaban J connectivity index is 2.03. The first-order chi connectivity index (χ1) is 9.60. The second kappa shape index (κ2) is 6.44. The number of hydrogen-bond acceptors (Lipinski definition) is 3. The lowest BCUT2D eigenvalue weighted by Gasteiger charge is -2.12. The van der Waals surface area contributed by atoms with Crippen molar-refractivity contribution in [2.24, 2.45) is 5.73 Å². The van der Waals surface area contributed by atoms with Gasteiger partial charge in [-0.15, -0.1) is 0 Å². The maximum absolute atomic E-state index is 5.87. The van der Waals surface area contributed by atoms with Crippen LogP contribution in [0.2, 0.25) is 0 Å². The van der Waals surface area contributed by atoms with Crippen molar-refractivity contribution in [1.82, 2.24) is 0 Å². The number of rotatable bonds is 5. The first-order valence-electron chi connectivity index (χ1n) is 6.72. The molecule has 0 spiro atoms. The quantitative estimate of drug-likeness (QED) is 0.903. The first-order valence-corrected chi connectivity index (χ1v) is 6.72. The number of nitrogens with two attached hydrogens (primary N) is 1. The third-order valence-corrected chi connectivity index (χ3v) is 3.28. The van der Waals surface area contributed by atoms with E-state index in [0.717, 1.165) is 28.2 Å². The SMILES string of the molecule is COc1ccc(COc2ccc([C@@H](C)N)cc2C)cc1. The van der Waals surface area contributed by atoms with Crippen LogP contribution in [0.3, 0.4) is 0 Å². The van der Waals surface area contributed by atoms with Crippen LogP contribution in [-0.4, -0.2) is 7.11 Å². The van der Waals surface area contributed by atoms with Crippen molar-refractivity contribution in [3.63, 3.8) is 0 Å². The molecule has 0 aromatic heterocycles. The average molecular weight is 271 g/mol. The summed E-state index contributed by atoms with van der Waals surface area (Å²) < 4.78 is 11.0. The lowest BCUT2D eigenvalue weighted by atomic mass is 10.1. The molecule has 20 heavy (non-hydrogen) atoms. The van der Waals surface area contributed by atoms with Gasteiger partial charge in [-0.2, -0.15) is 0 Å². The van der Waals surface area contributed by atoms with E-state index in [1.807, 2.05) is 50.2 Å². The summed E-state index contributed by atoms with van der Waals surface area (Å²) >= 11 is 0. The van der Waals surface area contributed by atoms with Gasteiger partial charge in [-0.1, -0.05) is 24.3 Å². The minimum atomic E-state index is 0.0457. The van der Waals surface area contributed by atoms with Crippen molar-refractivity contribution in [2.45, 2.75) is 26.5 Å². The Morgan fingerprint density at radius 3 is 2.35 bits per heavy atom. The standard InChI is InChI=1S/C17H21NO2/c1-12-10-15(13(2)18)6-9-17(12)20-11-14-4-7-16(19-3)8-5-14/h4-10,13H,11,18H2,1-3H3/t13-/m1/s1. The summed E-state index contributed by atoms with van der Waals surface area (Å²) in [4.78, 5) is 0. The summed E-state index contributed by atoms with van der Waals surface area (Å²) in [6, 6.07) is 14.0. The Bertz CT molecular complexity index is 562. The van der Waals surface area contributed by atoms with Gasteiger partial charge in [-0.3, -0.25) is 0 Å². The average Bonchev–Trinajstić information content (AvgIpc) is 2.46. The summed E-state index contributed by atoms with van der Waals surface area (Å²) in [6.45, 7) is 4.56. The highest BCUT2D eigenvalue weighted by atomic mass is 16.5. The highest BCUT2D eigenvalue weighted by Gasteiger charge is 2.05. The maximum Gasteiger partial charge on any atom is 0.122 e. The lowest BCUT2D eigenvalue weighted by molar-refractivity contribution is 0.303. The number of aryl methyl sites for hydroxylation is 1. The van der Waals surface area contributed by atoms with Gasteiger partial charge in [0.1, 0.15) is 18.1 Å². The molecule has 0 bridgehead atoms. The molecule has 0 saturated carbocycles. The van der Waals surface area contributed by atoms with E-state index in [1.54, 1.807) is 7.11 Å². The smallest absolute Gasteiger partial charge is 0.122 e. The second-order valence-electron chi connectivity index (χ2n) is 4.95. The van der Waals surface area contributed by atoms with E-state index in [4.69, 9.17) is 15.2 Å². The minimum absolute atomic E-state index is 0.0457. The predicted molar refractivity (Wildman–Crippen MR) is 81.1 cm³/mol. The van der Waals surface area contributed by atoms with Crippen LogP contribution in [0.5, 0.6) is 11.5 Å². The number of ether oxygens (including phenoxy) is 2. The van der Waals surface area contributed by atoms with Gasteiger partial charge in [0.25, 0.3) is 0 Å². The van der Waals surface area contributed by atoms with Gasteiger partial charge in [0, 0.05) is 6.04 Å². The number of hydrogen-bond donors (Lipinski definition) is 1. The summed E-state index contributed by atoms with van der Waals surface area (Å²) in [5.41, 5.74) is 9.21. The van der Waals surface area contributed by atoms with E-state index in [-0.39, 0.29) is 6.04 Å². The van der Waals surface area contributed by atoms with E-state index in [2.05, 4.69) is 6.07 Å². The highest BCUT2D eigenvalue weighted by Crippen LogP contribution is 2.23. The predicted octanol–water partition coefficient (Wildman–Crippen LogP) is 3.60. The fraction of sp³-hybridized carbons (Fsp3) is 0.294. The molecule has 0 radical (unpaired) electrons. The van der Waals surface area contributed by atoms with Crippen LogP contribution < -0.4 is 15.2 Å². The van der Waals surface area contributed by atoms with Gasteiger partial charge in [0.2, 0.25) is 0 Å². The van der Waals surface area contributed by atoms with Crippen LogP contribution in [0.25, 0.3) is 0 Å². The molecule has 0 aliphatic carbocycles. The molecule has 0 aliphatic rings. The molecule has 2 rings (SSSR count). The van der Waals surface area contributed by atoms with Crippen molar-refractivity contribution < 1.29 is 9.47 Å². The maximum atomic E-state index is 5.87. The van der Waals surface area contributed by atoms with Crippen molar-refractivity contribution in [3.8, 4) is 11.5 Å². The molecule has 2 aromatic carbocycles. The molecule has 0 fully saturated rings.